The highest BCUT2D eigenvalue weighted by Gasteiger charge is 2.24. The molecule has 2 rings (SSSR count). The summed E-state index contributed by atoms with van der Waals surface area (Å²) >= 11 is 0. The maximum absolute atomic E-state index is 10.6. The topological polar surface area (TPSA) is 37.3 Å². The molecule has 0 heterocycles. The molecule has 0 fully saturated rings. The minimum Gasteiger partial charge on any atom is -0.481 e. The van der Waals surface area contributed by atoms with E-state index in [1.807, 2.05) is 62.4 Å². The van der Waals surface area contributed by atoms with E-state index in [0.717, 1.165) is 5.57 Å². The maximum atomic E-state index is 10.6. The molecule has 1 aliphatic carbocycles. The molecule has 19 heavy (non-hydrogen) atoms. The lowest BCUT2D eigenvalue weighted by atomic mass is 9.84. The van der Waals surface area contributed by atoms with E-state index < -0.39 is 5.97 Å². The van der Waals surface area contributed by atoms with Crippen molar-refractivity contribution in [2.24, 2.45) is 11.8 Å². The van der Waals surface area contributed by atoms with Crippen molar-refractivity contribution < 1.29 is 9.90 Å². The van der Waals surface area contributed by atoms with Gasteiger partial charge in [0, 0.05) is 0 Å². The van der Waals surface area contributed by atoms with Crippen molar-refractivity contribution in [3.8, 4) is 0 Å². The highest BCUT2D eigenvalue weighted by atomic mass is 16.4. The Morgan fingerprint density at radius 3 is 2.37 bits per heavy atom. The van der Waals surface area contributed by atoms with E-state index in [-0.39, 0.29) is 11.8 Å². The number of hydrogen-bond acceptors (Lipinski definition) is 1. The molecule has 0 amide bonds. The molecule has 0 saturated carbocycles. The summed E-state index contributed by atoms with van der Waals surface area (Å²) in [6.45, 7) is 7.53. The second-order valence-corrected chi connectivity index (χ2v) is 4.56. The SMILES string of the molecule is C=Cc1ccccc1.CC1=CC=CC(C(=O)O)C1C. The lowest BCUT2D eigenvalue weighted by Gasteiger charge is -2.20. The van der Waals surface area contributed by atoms with Crippen molar-refractivity contribution in [1.82, 2.24) is 0 Å². The monoisotopic (exact) mass is 256 g/mol. The van der Waals surface area contributed by atoms with Crippen molar-refractivity contribution in [2.75, 3.05) is 0 Å². The lowest BCUT2D eigenvalue weighted by molar-refractivity contribution is -0.141. The zero-order valence-electron chi connectivity index (χ0n) is 11.4. The molecule has 1 N–H and O–H groups in total. The second kappa shape index (κ2) is 7.37. The number of carboxylic acid groups (broad SMARTS) is 1. The molecular weight excluding hydrogens is 236 g/mol. The van der Waals surface area contributed by atoms with Crippen LogP contribution in [0.25, 0.3) is 6.08 Å². The van der Waals surface area contributed by atoms with Crippen molar-refractivity contribution in [2.45, 2.75) is 13.8 Å². The van der Waals surface area contributed by atoms with Crippen LogP contribution in [0.1, 0.15) is 19.4 Å². The van der Waals surface area contributed by atoms with Crippen LogP contribution in [0.4, 0.5) is 0 Å². The fourth-order valence-corrected chi connectivity index (χ4v) is 1.81. The van der Waals surface area contributed by atoms with Gasteiger partial charge in [0.1, 0.15) is 0 Å². The summed E-state index contributed by atoms with van der Waals surface area (Å²) in [5, 5.41) is 8.75. The highest BCUT2D eigenvalue weighted by Crippen LogP contribution is 2.25. The highest BCUT2D eigenvalue weighted by molar-refractivity contribution is 5.73. The molecule has 0 radical (unpaired) electrons. The van der Waals surface area contributed by atoms with Crippen LogP contribution in [0.3, 0.4) is 0 Å². The van der Waals surface area contributed by atoms with Gasteiger partial charge in [-0.2, -0.15) is 0 Å². The Morgan fingerprint density at radius 2 is 1.95 bits per heavy atom. The second-order valence-electron chi connectivity index (χ2n) is 4.56. The minimum atomic E-state index is -0.735. The first-order chi connectivity index (χ1) is 9.06. The van der Waals surface area contributed by atoms with E-state index in [2.05, 4.69) is 6.58 Å². The molecule has 0 aliphatic heterocycles. The molecule has 0 aromatic heterocycles. The Bertz CT molecular complexity index is 483. The number of hydrogen-bond donors (Lipinski definition) is 1. The first-order valence-electron chi connectivity index (χ1n) is 6.31. The van der Waals surface area contributed by atoms with Gasteiger partial charge in [-0.05, 0) is 18.4 Å². The van der Waals surface area contributed by atoms with Crippen LogP contribution in [0.2, 0.25) is 0 Å². The third kappa shape index (κ3) is 4.59. The van der Waals surface area contributed by atoms with E-state index in [0.29, 0.717) is 0 Å². The molecule has 1 aromatic carbocycles. The number of allylic oxidation sites excluding steroid dienone is 3. The number of benzene rings is 1. The van der Waals surface area contributed by atoms with Gasteiger partial charge in [-0.3, -0.25) is 4.79 Å². The van der Waals surface area contributed by atoms with E-state index in [9.17, 15) is 4.79 Å². The molecule has 2 unspecified atom stereocenters. The Balaban J connectivity index is 0.000000200. The van der Waals surface area contributed by atoms with Crippen molar-refractivity contribution in [3.63, 3.8) is 0 Å². The lowest BCUT2D eigenvalue weighted by Crippen LogP contribution is -2.21. The molecule has 2 heteroatoms. The van der Waals surface area contributed by atoms with E-state index in [1.165, 1.54) is 5.56 Å². The number of carboxylic acids is 1. The van der Waals surface area contributed by atoms with Gasteiger partial charge < -0.3 is 5.11 Å². The molecule has 100 valence electrons. The standard InChI is InChI=1S/C9H12O2.C8H8/c1-6-4-3-5-8(7(6)2)9(10)11;1-2-8-6-4-3-5-7-8/h3-5,7-8H,1-2H3,(H,10,11);2-7H,1H2. The van der Waals surface area contributed by atoms with E-state index in [4.69, 9.17) is 5.11 Å². The molecule has 0 spiro atoms. The van der Waals surface area contributed by atoms with Gasteiger partial charge >= 0.3 is 5.97 Å². The van der Waals surface area contributed by atoms with Crippen LogP contribution in [0.15, 0.2) is 60.7 Å². The van der Waals surface area contributed by atoms with E-state index >= 15 is 0 Å². The average molecular weight is 256 g/mol. The largest absolute Gasteiger partial charge is 0.481 e. The zero-order valence-corrected chi connectivity index (χ0v) is 11.4. The molecule has 2 nitrogen and oxygen atoms in total. The van der Waals surface area contributed by atoms with Gasteiger partial charge in [0.15, 0.2) is 0 Å². The number of carbonyl (C=O) groups is 1. The molecule has 0 saturated heterocycles. The molecular formula is C17H20O2. The van der Waals surface area contributed by atoms with Crippen LogP contribution in [-0.2, 0) is 4.79 Å². The Labute approximate surface area is 114 Å². The van der Waals surface area contributed by atoms with Gasteiger partial charge in [-0.15, -0.1) is 0 Å². The van der Waals surface area contributed by atoms with Crippen LogP contribution < -0.4 is 0 Å². The molecule has 1 aromatic rings. The van der Waals surface area contributed by atoms with Crippen LogP contribution >= 0.6 is 0 Å². The Hall–Kier alpha value is -2.09. The third-order valence-corrected chi connectivity index (χ3v) is 3.25. The fourth-order valence-electron chi connectivity index (χ4n) is 1.81. The quantitative estimate of drug-likeness (QED) is 0.862. The third-order valence-electron chi connectivity index (χ3n) is 3.25. The fraction of sp³-hybridized carbons (Fsp3) is 0.235. The van der Waals surface area contributed by atoms with Gasteiger partial charge in [-0.25, -0.2) is 0 Å². The summed E-state index contributed by atoms with van der Waals surface area (Å²) in [7, 11) is 0. The first kappa shape index (κ1) is 15.0. The van der Waals surface area contributed by atoms with Crippen LogP contribution in [0, 0.1) is 11.8 Å². The molecule has 2 atom stereocenters. The van der Waals surface area contributed by atoms with Crippen molar-refractivity contribution in [3.05, 3.63) is 66.3 Å². The average Bonchev–Trinajstić information content (AvgIpc) is 2.43. The Morgan fingerprint density at radius 1 is 1.32 bits per heavy atom. The summed E-state index contributed by atoms with van der Waals surface area (Å²) in [6.07, 6.45) is 7.35. The smallest absolute Gasteiger partial charge is 0.310 e. The molecule has 0 bridgehead atoms. The van der Waals surface area contributed by atoms with Crippen LogP contribution in [0.5, 0.6) is 0 Å². The van der Waals surface area contributed by atoms with Crippen LogP contribution in [-0.4, -0.2) is 11.1 Å². The van der Waals surface area contributed by atoms with Gasteiger partial charge in [-0.1, -0.05) is 73.7 Å². The molecule has 1 aliphatic rings. The van der Waals surface area contributed by atoms with Crippen molar-refractivity contribution in [1.29, 1.82) is 0 Å². The Kier molecular flexibility index (Phi) is 5.80. The summed E-state index contributed by atoms with van der Waals surface area (Å²) < 4.78 is 0. The predicted octanol–water partition coefficient (Wildman–Crippen LogP) is 4.17. The maximum Gasteiger partial charge on any atom is 0.310 e. The normalized spacial score (nSPS) is 20.8. The summed E-state index contributed by atoms with van der Waals surface area (Å²) in [5.74, 6) is -0.932. The number of rotatable bonds is 2. The van der Waals surface area contributed by atoms with Crippen molar-refractivity contribution >= 4 is 12.0 Å². The van der Waals surface area contributed by atoms with Gasteiger partial charge in [0.25, 0.3) is 0 Å². The minimum absolute atomic E-state index is 0.137. The van der Waals surface area contributed by atoms with Gasteiger partial charge in [0.2, 0.25) is 0 Å². The van der Waals surface area contributed by atoms with Gasteiger partial charge in [0.05, 0.1) is 5.92 Å². The summed E-state index contributed by atoms with van der Waals surface area (Å²) in [4.78, 5) is 10.6. The van der Waals surface area contributed by atoms with E-state index in [1.54, 1.807) is 6.08 Å². The summed E-state index contributed by atoms with van der Waals surface area (Å²) in [6, 6.07) is 10.0. The predicted molar refractivity (Wildman–Crippen MR) is 79.7 cm³/mol. The zero-order chi connectivity index (χ0) is 14.3. The summed E-state index contributed by atoms with van der Waals surface area (Å²) in [5.41, 5.74) is 2.31. The number of aliphatic carboxylic acids is 1. The first-order valence-corrected chi connectivity index (χ1v) is 6.31.